The first-order valence-corrected chi connectivity index (χ1v) is 9.93. The SMILES string of the molecule is O=S(=O)(NCCC1=NCCS1)c1ccc(-c2ccccc2)cc1. The van der Waals surface area contributed by atoms with Crippen LogP contribution in [0.5, 0.6) is 0 Å². The highest BCUT2D eigenvalue weighted by molar-refractivity contribution is 8.14. The Bertz CT molecular complexity index is 785. The van der Waals surface area contributed by atoms with E-state index in [-0.39, 0.29) is 4.90 Å². The Hall–Kier alpha value is -1.63. The highest BCUT2D eigenvalue weighted by Gasteiger charge is 2.14. The number of hydrogen-bond acceptors (Lipinski definition) is 4. The second-order valence-corrected chi connectivity index (χ2v) is 8.10. The molecule has 0 spiro atoms. The summed E-state index contributed by atoms with van der Waals surface area (Å²) in [5.41, 5.74) is 2.07. The fourth-order valence-electron chi connectivity index (χ4n) is 2.36. The topological polar surface area (TPSA) is 58.5 Å². The Balaban J connectivity index is 1.65. The van der Waals surface area contributed by atoms with Crippen molar-refractivity contribution < 1.29 is 8.42 Å². The van der Waals surface area contributed by atoms with E-state index in [0.29, 0.717) is 13.0 Å². The summed E-state index contributed by atoms with van der Waals surface area (Å²) < 4.78 is 27.2. The minimum absolute atomic E-state index is 0.290. The Morgan fingerprint density at radius 2 is 1.70 bits per heavy atom. The third kappa shape index (κ3) is 4.22. The number of benzene rings is 2. The molecular weight excluding hydrogens is 328 g/mol. The highest BCUT2D eigenvalue weighted by atomic mass is 32.2. The van der Waals surface area contributed by atoms with Gasteiger partial charge in [0.25, 0.3) is 0 Å². The molecule has 0 bridgehead atoms. The van der Waals surface area contributed by atoms with Crippen LogP contribution in [0.4, 0.5) is 0 Å². The molecule has 0 unspecified atom stereocenters. The zero-order valence-electron chi connectivity index (χ0n) is 12.6. The average Bonchev–Trinajstić information content (AvgIpc) is 3.09. The van der Waals surface area contributed by atoms with Gasteiger partial charge in [-0.05, 0) is 23.3 Å². The molecule has 1 aliphatic rings. The summed E-state index contributed by atoms with van der Waals surface area (Å²) in [5, 5.41) is 1.03. The minimum atomic E-state index is -3.47. The highest BCUT2D eigenvalue weighted by Crippen LogP contribution is 2.21. The quantitative estimate of drug-likeness (QED) is 0.874. The largest absolute Gasteiger partial charge is 0.282 e. The molecule has 4 nitrogen and oxygen atoms in total. The summed E-state index contributed by atoms with van der Waals surface area (Å²) in [5.74, 6) is 1.00. The molecule has 120 valence electrons. The van der Waals surface area contributed by atoms with Gasteiger partial charge in [0.1, 0.15) is 0 Å². The summed E-state index contributed by atoms with van der Waals surface area (Å²) in [6.07, 6.45) is 0.659. The molecule has 3 rings (SSSR count). The van der Waals surface area contributed by atoms with Crippen LogP contribution in [0.15, 0.2) is 64.5 Å². The maximum absolute atomic E-state index is 12.3. The van der Waals surface area contributed by atoms with Crippen molar-refractivity contribution in [3.63, 3.8) is 0 Å². The molecular formula is C17H18N2O2S2. The zero-order chi connectivity index (χ0) is 16.1. The number of rotatable bonds is 6. The molecule has 1 aliphatic heterocycles. The van der Waals surface area contributed by atoms with E-state index < -0.39 is 10.0 Å². The lowest BCUT2D eigenvalue weighted by molar-refractivity contribution is 0.583. The number of nitrogens with zero attached hydrogens (tertiary/aromatic N) is 1. The van der Waals surface area contributed by atoms with Gasteiger partial charge < -0.3 is 0 Å². The molecule has 0 aliphatic carbocycles. The van der Waals surface area contributed by atoms with E-state index in [1.54, 1.807) is 23.9 Å². The second-order valence-electron chi connectivity index (χ2n) is 5.16. The third-order valence-corrected chi connectivity index (χ3v) is 6.08. The molecule has 6 heteroatoms. The Morgan fingerprint density at radius 3 is 2.35 bits per heavy atom. The molecule has 1 heterocycles. The molecule has 0 saturated heterocycles. The van der Waals surface area contributed by atoms with Crippen LogP contribution in [-0.4, -0.2) is 32.3 Å². The lowest BCUT2D eigenvalue weighted by Crippen LogP contribution is -2.25. The molecule has 1 N–H and O–H groups in total. The second kappa shape index (κ2) is 7.29. The standard InChI is InChI=1S/C17H18N2O2S2/c20-23(21,19-11-10-17-18-12-13-22-17)16-8-6-15(7-9-16)14-4-2-1-3-5-14/h1-9,19H,10-13H2. The van der Waals surface area contributed by atoms with Crippen LogP contribution < -0.4 is 4.72 Å². The Kier molecular flexibility index (Phi) is 5.15. The van der Waals surface area contributed by atoms with Gasteiger partial charge in [-0.15, -0.1) is 11.8 Å². The Labute approximate surface area is 141 Å². The smallest absolute Gasteiger partial charge is 0.240 e. The predicted octanol–water partition coefficient (Wildman–Crippen LogP) is 3.17. The maximum atomic E-state index is 12.3. The molecule has 23 heavy (non-hydrogen) atoms. The van der Waals surface area contributed by atoms with Gasteiger partial charge in [-0.3, -0.25) is 4.99 Å². The van der Waals surface area contributed by atoms with Crippen molar-refractivity contribution >= 4 is 26.8 Å². The summed E-state index contributed by atoms with van der Waals surface area (Å²) in [6, 6.07) is 16.8. The molecule has 2 aromatic rings. The van der Waals surface area contributed by atoms with Crippen LogP contribution in [0.25, 0.3) is 11.1 Å². The fraction of sp³-hybridized carbons (Fsp3) is 0.235. The number of sulfonamides is 1. The zero-order valence-corrected chi connectivity index (χ0v) is 14.2. The maximum Gasteiger partial charge on any atom is 0.240 e. The van der Waals surface area contributed by atoms with Crippen molar-refractivity contribution in [1.82, 2.24) is 4.72 Å². The lowest BCUT2D eigenvalue weighted by Gasteiger charge is -2.08. The van der Waals surface area contributed by atoms with E-state index in [1.807, 2.05) is 42.5 Å². The summed E-state index contributed by atoms with van der Waals surface area (Å²) in [7, 11) is -3.47. The normalized spacial score (nSPS) is 14.7. The van der Waals surface area contributed by atoms with Crippen LogP contribution in [0.3, 0.4) is 0 Å². The van der Waals surface area contributed by atoms with Crippen LogP contribution in [-0.2, 0) is 10.0 Å². The predicted molar refractivity (Wildman–Crippen MR) is 96.4 cm³/mol. The molecule has 0 aromatic heterocycles. The molecule has 0 amide bonds. The van der Waals surface area contributed by atoms with Gasteiger partial charge in [0.2, 0.25) is 10.0 Å². The first-order chi connectivity index (χ1) is 11.1. The number of nitrogens with one attached hydrogen (secondary N) is 1. The van der Waals surface area contributed by atoms with Gasteiger partial charge in [0.15, 0.2) is 0 Å². The van der Waals surface area contributed by atoms with Crippen molar-refractivity contribution in [2.45, 2.75) is 11.3 Å². The van der Waals surface area contributed by atoms with E-state index in [2.05, 4.69) is 9.71 Å². The van der Waals surface area contributed by atoms with Crippen molar-refractivity contribution in [3.8, 4) is 11.1 Å². The van der Waals surface area contributed by atoms with E-state index >= 15 is 0 Å². The summed E-state index contributed by atoms with van der Waals surface area (Å²) in [4.78, 5) is 4.61. The number of thioether (sulfide) groups is 1. The number of aliphatic imine (C=N–C) groups is 1. The number of hydrogen-bond donors (Lipinski definition) is 1. The summed E-state index contributed by atoms with van der Waals surface area (Å²) in [6.45, 7) is 1.22. The van der Waals surface area contributed by atoms with E-state index in [0.717, 1.165) is 28.5 Å². The van der Waals surface area contributed by atoms with Crippen LogP contribution in [0.1, 0.15) is 6.42 Å². The van der Waals surface area contributed by atoms with Crippen molar-refractivity contribution in [1.29, 1.82) is 0 Å². The van der Waals surface area contributed by atoms with Gasteiger partial charge in [-0.2, -0.15) is 0 Å². The summed E-state index contributed by atoms with van der Waals surface area (Å²) >= 11 is 1.70. The average molecular weight is 346 g/mol. The van der Waals surface area contributed by atoms with Gasteiger partial charge in [-0.1, -0.05) is 42.5 Å². The monoisotopic (exact) mass is 346 g/mol. The first kappa shape index (κ1) is 16.2. The third-order valence-electron chi connectivity index (χ3n) is 3.55. The van der Waals surface area contributed by atoms with Gasteiger partial charge in [0, 0.05) is 25.3 Å². The van der Waals surface area contributed by atoms with Crippen LogP contribution in [0, 0.1) is 0 Å². The van der Waals surface area contributed by atoms with E-state index in [4.69, 9.17) is 0 Å². The van der Waals surface area contributed by atoms with Gasteiger partial charge in [0.05, 0.1) is 9.94 Å². The van der Waals surface area contributed by atoms with Crippen LogP contribution >= 0.6 is 11.8 Å². The minimum Gasteiger partial charge on any atom is -0.282 e. The van der Waals surface area contributed by atoms with E-state index in [9.17, 15) is 8.42 Å². The van der Waals surface area contributed by atoms with Crippen molar-refractivity contribution in [2.24, 2.45) is 4.99 Å². The van der Waals surface area contributed by atoms with Crippen molar-refractivity contribution in [3.05, 3.63) is 54.6 Å². The molecule has 0 saturated carbocycles. The molecule has 0 fully saturated rings. The van der Waals surface area contributed by atoms with Gasteiger partial charge >= 0.3 is 0 Å². The molecule has 2 aromatic carbocycles. The first-order valence-electron chi connectivity index (χ1n) is 7.46. The molecule has 0 radical (unpaired) electrons. The van der Waals surface area contributed by atoms with Crippen molar-refractivity contribution in [2.75, 3.05) is 18.8 Å². The lowest BCUT2D eigenvalue weighted by atomic mass is 10.1. The fourth-order valence-corrected chi connectivity index (χ4v) is 4.24. The Morgan fingerprint density at radius 1 is 1.00 bits per heavy atom. The van der Waals surface area contributed by atoms with Gasteiger partial charge in [-0.25, -0.2) is 13.1 Å². The van der Waals surface area contributed by atoms with Crippen LogP contribution in [0.2, 0.25) is 0 Å². The molecule has 0 atom stereocenters. The van der Waals surface area contributed by atoms with E-state index in [1.165, 1.54) is 0 Å².